The first-order valence-electron chi connectivity index (χ1n) is 8.74. The van der Waals surface area contributed by atoms with Gasteiger partial charge in [0, 0.05) is 36.8 Å². The number of amides is 1. The number of anilines is 1. The van der Waals surface area contributed by atoms with E-state index in [1.807, 2.05) is 43.3 Å². The number of hydrogen-bond donors (Lipinski definition) is 2. The first kappa shape index (κ1) is 17.7. The van der Waals surface area contributed by atoms with Gasteiger partial charge in [-0.3, -0.25) is 4.79 Å². The molecule has 26 heavy (non-hydrogen) atoms. The Morgan fingerprint density at radius 1 is 1.19 bits per heavy atom. The number of hydrogen-bond acceptors (Lipinski definition) is 5. The molecule has 0 bridgehead atoms. The van der Waals surface area contributed by atoms with Crippen LogP contribution in [0.15, 0.2) is 59.3 Å². The standard InChI is InChI=1S/C20H22N4O2/c1-2-21-18-10-12-22-19(24-18)15-6-3-7-16(14-15)20(25)23-11-4-8-17-9-5-13-26-17/h3,5-7,9-10,12-14H,2,4,8,11H2,1H3,(H,23,25)(H,21,22,24). The molecular weight excluding hydrogens is 328 g/mol. The maximum absolute atomic E-state index is 12.4. The summed E-state index contributed by atoms with van der Waals surface area (Å²) >= 11 is 0. The second-order valence-corrected chi connectivity index (χ2v) is 5.82. The monoisotopic (exact) mass is 350 g/mol. The third-order valence-electron chi connectivity index (χ3n) is 3.86. The van der Waals surface area contributed by atoms with Crippen LogP contribution in [0.5, 0.6) is 0 Å². The van der Waals surface area contributed by atoms with Gasteiger partial charge in [0.15, 0.2) is 5.82 Å². The number of carbonyl (C=O) groups is 1. The summed E-state index contributed by atoms with van der Waals surface area (Å²) in [5.41, 5.74) is 1.41. The molecule has 3 aromatic rings. The molecule has 6 nitrogen and oxygen atoms in total. The Labute approximate surface area is 152 Å². The van der Waals surface area contributed by atoms with Gasteiger partial charge in [-0.1, -0.05) is 12.1 Å². The largest absolute Gasteiger partial charge is 0.469 e. The first-order valence-corrected chi connectivity index (χ1v) is 8.74. The predicted octanol–water partition coefficient (Wildman–Crippen LogP) is 3.53. The van der Waals surface area contributed by atoms with Crippen LogP contribution in [-0.4, -0.2) is 29.0 Å². The number of aromatic nitrogens is 2. The van der Waals surface area contributed by atoms with E-state index in [4.69, 9.17) is 4.42 Å². The molecule has 0 unspecified atom stereocenters. The molecule has 134 valence electrons. The molecule has 1 aromatic carbocycles. The third kappa shape index (κ3) is 4.69. The van der Waals surface area contributed by atoms with Gasteiger partial charge >= 0.3 is 0 Å². The quantitative estimate of drug-likeness (QED) is 0.608. The molecule has 0 aliphatic heterocycles. The normalized spacial score (nSPS) is 10.5. The highest BCUT2D eigenvalue weighted by atomic mass is 16.3. The van der Waals surface area contributed by atoms with Gasteiger partial charge in [0.2, 0.25) is 0 Å². The van der Waals surface area contributed by atoms with Gasteiger partial charge in [0.1, 0.15) is 11.6 Å². The number of furan rings is 1. The molecular formula is C20H22N4O2. The van der Waals surface area contributed by atoms with Crippen molar-refractivity contribution >= 4 is 11.7 Å². The number of aryl methyl sites for hydroxylation is 1. The minimum absolute atomic E-state index is 0.103. The summed E-state index contributed by atoms with van der Waals surface area (Å²) in [5.74, 6) is 2.19. The van der Waals surface area contributed by atoms with E-state index in [1.165, 1.54) is 0 Å². The lowest BCUT2D eigenvalue weighted by molar-refractivity contribution is 0.0953. The van der Waals surface area contributed by atoms with E-state index in [0.29, 0.717) is 17.9 Å². The number of rotatable bonds is 8. The Balaban J connectivity index is 1.61. The van der Waals surface area contributed by atoms with E-state index in [2.05, 4.69) is 20.6 Å². The maximum Gasteiger partial charge on any atom is 0.251 e. The smallest absolute Gasteiger partial charge is 0.251 e. The van der Waals surface area contributed by atoms with Crippen LogP contribution in [-0.2, 0) is 6.42 Å². The zero-order chi connectivity index (χ0) is 18.2. The average Bonchev–Trinajstić information content (AvgIpc) is 3.19. The minimum Gasteiger partial charge on any atom is -0.469 e. The molecule has 2 heterocycles. The molecule has 3 rings (SSSR count). The van der Waals surface area contributed by atoms with E-state index in [9.17, 15) is 4.79 Å². The van der Waals surface area contributed by atoms with E-state index >= 15 is 0 Å². The summed E-state index contributed by atoms with van der Waals surface area (Å²) in [4.78, 5) is 21.1. The van der Waals surface area contributed by atoms with Gasteiger partial charge in [0.25, 0.3) is 5.91 Å². The minimum atomic E-state index is -0.103. The zero-order valence-corrected chi connectivity index (χ0v) is 14.7. The Bertz CT molecular complexity index is 847. The molecule has 0 atom stereocenters. The van der Waals surface area contributed by atoms with Gasteiger partial charge in [-0.2, -0.15) is 0 Å². The van der Waals surface area contributed by atoms with E-state index in [0.717, 1.165) is 36.5 Å². The van der Waals surface area contributed by atoms with E-state index in [-0.39, 0.29) is 5.91 Å². The second-order valence-electron chi connectivity index (χ2n) is 5.82. The third-order valence-corrected chi connectivity index (χ3v) is 3.86. The SMILES string of the molecule is CCNc1ccnc(-c2cccc(C(=O)NCCCc3ccco3)c2)n1. The van der Waals surface area contributed by atoms with Crippen molar-refractivity contribution in [2.45, 2.75) is 19.8 Å². The highest BCUT2D eigenvalue weighted by Gasteiger charge is 2.09. The van der Waals surface area contributed by atoms with Crippen LogP contribution in [0.3, 0.4) is 0 Å². The summed E-state index contributed by atoms with van der Waals surface area (Å²) < 4.78 is 5.29. The zero-order valence-electron chi connectivity index (χ0n) is 14.7. The van der Waals surface area contributed by atoms with Crippen LogP contribution in [0.4, 0.5) is 5.82 Å². The lowest BCUT2D eigenvalue weighted by Crippen LogP contribution is -2.24. The fourth-order valence-electron chi connectivity index (χ4n) is 2.60. The molecule has 0 aliphatic rings. The molecule has 0 saturated carbocycles. The first-order chi connectivity index (χ1) is 12.8. The van der Waals surface area contributed by atoms with Crippen LogP contribution in [0.2, 0.25) is 0 Å². The average molecular weight is 350 g/mol. The van der Waals surface area contributed by atoms with Gasteiger partial charge in [-0.25, -0.2) is 9.97 Å². The fraction of sp³-hybridized carbons (Fsp3) is 0.250. The molecule has 0 aliphatic carbocycles. The Morgan fingerprint density at radius 3 is 2.92 bits per heavy atom. The van der Waals surface area contributed by atoms with Gasteiger partial charge in [0.05, 0.1) is 6.26 Å². The van der Waals surface area contributed by atoms with Crippen LogP contribution in [0.25, 0.3) is 11.4 Å². The molecule has 6 heteroatoms. The van der Waals surface area contributed by atoms with Crippen LogP contribution >= 0.6 is 0 Å². The molecule has 0 fully saturated rings. The number of benzene rings is 1. The topological polar surface area (TPSA) is 80.0 Å². The van der Waals surface area contributed by atoms with Gasteiger partial charge in [-0.15, -0.1) is 0 Å². The summed E-state index contributed by atoms with van der Waals surface area (Å²) in [6.07, 6.45) is 5.00. The Morgan fingerprint density at radius 2 is 2.12 bits per heavy atom. The van der Waals surface area contributed by atoms with Crippen molar-refractivity contribution < 1.29 is 9.21 Å². The fourth-order valence-corrected chi connectivity index (χ4v) is 2.60. The van der Waals surface area contributed by atoms with E-state index in [1.54, 1.807) is 18.5 Å². The number of carbonyl (C=O) groups excluding carboxylic acids is 1. The molecule has 2 aromatic heterocycles. The van der Waals surface area contributed by atoms with Crippen molar-refractivity contribution in [1.29, 1.82) is 0 Å². The predicted molar refractivity (Wildman–Crippen MR) is 101 cm³/mol. The van der Waals surface area contributed by atoms with Gasteiger partial charge in [-0.05, 0) is 43.7 Å². The Hall–Kier alpha value is -3.15. The van der Waals surface area contributed by atoms with Gasteiger partial charge < -0.3 is 15.1 Å². The number of nitrogens with zero attached hydrogens (tertiary/aromatic N) is 2. The lowest BCUT2D eigenvalue weighted by Gasteiger charge is -2.07. The highest BCUT2D eigenvalue weighted by molar-refractivity contribution is 5.95. The van der Waals surface area contributed by atoms with Crippen molar-refractivity contribution in [3.05, 3.63) is 66.2 Å². The second kappa shape index (κ2) is 8.80. The number of nitrogens with one attached hydrogen (secondary N) is 2. The summed E-state index contributed by atoms with van der Waals surface area (Å²) in [6.45, 7) is 3.39. The maximum atomic E-state index is 12.4. The van der Waals surface area contributed by atoms with Crippen LogP contribution in [0.1, 0.15) is 29.5 Å². The van der Waals surface area contributed by atoms with Crippen molar-refractivity contribution in [2.75, 3.05) is 18.4 Å². The Kier molecular flexibility index (Phi) is 5.98. The molecule has 0 saturated heterocycles. The summed E-state index contributed by atoms with van der Waals surface area (Å²) in [5, 5.41) is 6.10. The summed E-state index contributed by atoms with van der Waals surface area (Å²) in [6, 6.07) is 13.0. The van der Waals surface area contributed by atoms with Crippen LogP contribution < -0.4 is 10.6 Å². The highest BCUT2D eigenvalue weighted by Crippen LogP contribution is 2.18. The van der Waals surface area contributed by atoms with Crippen molar-refractivity contribution in [2.24, 2.45) is 0 Å². The lowest BCUT2D eigenvalue weighted by atomic mass is 10.1. The van der Waals surface area contributed by atoms with Crippen molar-refractivity contribution in [1.82, 2.24) is 15.3 Å². The molecule has 2 N–H and O–H groups in total. The van der Waals surface area contributed by atoms with E-state index < -0.39 is 0 Å². The van der Waals surface area contributed by atoms with Crippen molar-refractivity contribution in [3.63, 3.8) is 0 Å². The molecule has 0 radical (unpaired) electrons. The van der Waals surface area contributed by atoms with Crippen LogP contribution in [0, 0.1) is 0 Å². The molecule has 0 spiro atoms. The summed E-state index contributed by atoms with van der Waals surface area (Å²) in [7, 11) is 0. The van der Waals surface area contributed by atoms with Crippen molar-refractivity contribution in [3.8, 4) is 11.4 Å². The molecule has 1 amide bonds.